The minimum absolute atomic E-state index is 0.193. The average Bonchev–Trinajstić information content (AvgIpc) is 2.96. The van der Waals surface area contributed by atoms with Gasteiger partial charge in [0.2, 0.25) is 5.91 Å². The van der Waals surface area contributed by atoms with Crippen LogP contribution in [0.4, 0.5) is 5.69 Å². The molecule has 0 saturated carbocycles. The Morgan fingerprint density at radius 2 is 1.84 bits per heavy atom. The number of amides is 1. The molecule has 0 aliphatic carbocycles. The van der Waals surface area contributed by atoms with E-state index in [2.05, 4.69) is 72.6 Å². The maximum absolute atomic E-state index is 11.4. The highest BCUT2D eigenvalue weighted by molar-refractivity contribution is 6.88. The zero-order valence-electron chi connectivity index (χ0n) is 15.0. The molecule has 3 nitrogen and oxygen atoms in total. The quantitative estimate of drug-likeness (QED) is 0.539. The van der Waals surface area contributed by atoms with Gasteiger partial charge in [-0.3, -0.25) is 4.79 Å². The number of aromatic nitrogens is 1. The van der Waals surface area contributed by atoms with E-state index < -0.39 is 8.07 Å². The van der Waals surface area contributed by atoms with Crippen molar-refractivity contribution in [1.82, 2.24) is 4.57 Å². The highest BCUT2D eigenvalue weighted by Gasteiger charge is 2.15. The number of anilines is 1. The first-order chi connectivity index (χ1) is 11.9. The van der Waals surface area contributed by atoms with Crippen LogP contribution in [-0.4, -0.2) is 18.5 Å². The van der Waals surface area contributed by atoms with E-state index in [1.54, 1.807) is 0 Å². The van der Waals surface area contributed by atoms with E-state index in [9.17, 15) is 4.79 Å². The SMILES string of the molecule is C=CC(=O)Nc1ccc2c(ccn2Cc2ccc([Si](C)(C)C)cc2)c1. The molecule has 4 heteroatoms. The largest absolute Gasteiger partial charge is 0.343 e. The number of hydrogen-bond acceptors (Lipinski definition) is 1. The van der Waals surface area contributed by atoms with Crippen LogP contribution in [0.15, 0.2) is 67.4 Å². The molecule has 0 saturated heterocycles. The van der Waals surface area contributed by atoms with Gasteiger partial charge in [0.05, 0.1) is 8.07 Å². The highest BCUT2D eigenvalue weighted by atomic mass is 28.3. The number of carbonyl (C=O) groups is 1. The summed E-state index contributed by atoms with van der Waals surface area (Å²) in [5.41, 5.74) is 3.24. The van der Waals surface area contributed by atoms with Gasteiger partial charge in [-0.15, -0.1) is 0 Å². The third kappa shape index (κ3) is 3.91. The maximum Gasteiger partial charge on any atom is 0.247 e. The summed E-state index contributed by atoms with van der Waals surface area (Å²) in [5, 5.41) is 5.39. The normalized spacial score (nSPS) is 11.5. The number of benzene rings is 2. The van der Waals surface area contributed by atoms with Crippen LogP contribution < -0.4 is 10.5 Å². The monoisotopic (exact) mass is 348 g/mol. The first kappa shape index (κ1) is 17.2. The Morgan fingerprint density at radius 3 is 2.48 bits per heavy atom. The maximum atomic E-state index is 11.4. The van der Waals surface area contributed by atoms with Crippen LogP contribution >= 0.6 is 0 Å². The van der Waals surface area contributed by atoms with Gasteiger partial charge < -0.3 is 9.88 Å². The number of rotatable bonds is 5. The van der Waals surface area contributed by atoms with E-state index in [0.29, 0.717) is 0 Å². The van der Waals surface area contributed by atoms with Crippen molar-refractivity contribution >= 4 is 35.8 Å². The van der Waals surface area contributed by atoms with Crippen LogP contribution in [0.25, 0.3) is 10.9 Å². The number of carbonyl (C=O) groups excluding carboxylic acids is 1. The predicted molar refractivity (Wildman–Crippen MR) is 109 cm³/mol. The molecule has 25 heavy (non-hydrogen) atoms. The van der Waals surface area contributed by atoms with Gasteiger partial charge in [-0.25, -0.2) is 0 Å². The molecule has 0 atom stereocenters. The van der Waals surface area contributed by atoms with Gasteiger partial charge in [0, 0.05) is 29.3 Å². The third-order valence-electron chi connectivity index (χ3n) is 4.40. The number of nitrogens with zero attached hydrogens (tertiary/aromatic N) is 1. The zero-order valence-corrected chi connectivity index (χ0v) is 16.0. The zero-order chi connectivity index (χ0) is 18.0. The molecule has 128 valence electrons. The predicted octanol–water partition coefficient (Wildman–Crippen LogP) is 4.36. The summed E-state index contributed by atoms with van der Waals surface area (Å²) in [4.78, 5) is 11.4. The standard InChI is InChI=1S/C21H24N2OSi/c1-5-21(24)22-18-8-11-20-17(14-18)12-13-23(20)15-16-6-9-19(10-7-16)25(2,3)4/h5-14H,1,15H2,2-4H3,(H,22,24). The van der Waals surface area contributed by atoms with Crippen LogP contribution in [0.3, 0.4) is 0 Å². The molecule has 0 radical (unpaired) electrons. The molecule has 0 bridgehead atoms. The lowest BCUT2D eigenvalue weighted by molar-refractivity contribution is -0.111. The molecule has 0 fully saturated rings. The van der Waals surface area contributed by atoms with Crippen molar-refractivity contribution in [3.8, 4) is 0 Å². The summed E-state index contributed by atoms with van der Waals surface area (Å²) >= 11 is 0. The molecular formula is C21H24N2OSi. The van der Waals surface area contributed by atoms with Crippen molar-refractivity contribution in [3.63, 3.8) is 0 Å². The van der Waals surface area contributed by atoms with E-state index in [1.807, 2.05) is 18.2 Å². The molecule has 1 amide bonds. The molecule has 0 spiro atoms. The van der Waals surface area contributed by atoms with E-state index in [0.717, 1.165) is 23.1 Å². The first-order valence-corrected chi connectivity index (χ1v) is 12.0. The van der Waals surface area contributed by atoms with Crippen LogP contribution in [-0.2, 0) is 11.3 Å². The van der Waals surface area contributed by atoms with Crippen molar-refractivity contribution in [2.75, 3.05) is 5.32 Å². The topological polar surface area (TPSA) is 34.0 Å². The van der Waals surface area contributed by atoms with Crippen molar-refractivity contribution in [3.05, 3.63) is 72.9 Å². The minimum atomic E-state index is -1.25. The molecule has 1 aromatic heterocycles. The van der Waals surface area contributed by atoms with Crippen LogP contribution in [0.1, 0.15) is 5.56 Å². The molecule has 0 unspecified atom stereocenters. The third-order valence-corrected chi connectivity index (χ3v) is 6.46. The molecule has 0 aliphatic rings. The van der Waals surface area contributed by atoms with Gasteiger partial charge in [-0.1, -0.05) is 55.7 Å². The Bertz CT molecular complexity index is 917. The Morgan fingerprint density at radius 1 is 1.12 bits per heavy atom. The van der Waals surface area contributed by atoms with Crippen LogP contribution in [0.5, 0.6) is 0 Å². The van der Waals surface area contributed by atoms with Gasteiger partial charge in [-0.05, 0) is 35.9 Å². The Balaban J connectivity index is 1.82. The highest BCUT2D eigenvalue weighted by Crippen LogP contribution is 2.21. The summed E-state index contributed by atoms with van der Waals surface area (Å²) < 4.78 is 2.23. The van der Waals surface area contributed by atoms with Crippen molar-refractivity contribution in [1.29, 1.82) is 0 Å². The number of hydrogen-bond donors (Lipinski definition) is 1. The first-order valence-electron chi connectivity index (χ1n) is 8.48. The van der Waals surface area contributed by atoms with Crippen molar-refractivity contribution in [2.45, 2.75) is 26.2 Å². The van der Waals surface area contributed by atoms with E-state index in [1.165, 1.54) is 16.8 Å². The summed E-state index contributed by atoms with van der Waals surface area (Å²) in [5.74, 6) is -0.193. The van der Waals surface area contributed by atoms with E-state index in [4.69, 9.17) is 0 Å². The lowest BCUT2D eigenvalue weighted by Crippen LogP contribution is -2.37. The van der Waals surface area contributed by atoms with Gasteiger partial charge in [-0.2, -0.15) is 0 Å². The van der Waals surface area contributed by atoms with Gasteiger partial charge in [0.15, 0.2) is 0 Å². The van der Waals surface area contributed by atoms with Crippen LogP contribution in [0, 0.1) is 0 Å². The second kappa shape index (κ2) is 6.73. The van der Waals surface area contributed by atoms with Crippen molar-refractivity contribution in [2.24, 2.45) is 0 Å². The Labute approximate surface area is 150 Å². The Kier molecular flexibility index (Phi) is 4.64. The smallest absolute Gasteiger partial charge is 0.247 e. The fourth-order valence-corrected chi connectivity index (χ4v) is 4.08. The van der Waals surface area contributed by atoms with Gasteiger partial charge >= 0.3 is 0 Å². The molecular weight excluding hydrogens is 324 g/mol. The molecule has 1 N–H and O–H groups in total. The summed E-state index contributed by atoms with van der Waals surface area (Å²) in [6.07, 6.45) is 3.37. The molecule has 3 rings (SSSR count). The van der Waals surface area contributed by atoms with Crippen molar-refractivity contribution < 1.29 is 4.79 Å². The lowest BCUT2D eigenvalue weighted by Gasteiger charge is -2.17. The average molecular weight is 349 g/mol. The van der Waals surface area contributed by atoms with Crippen LogP contribution in [0.2, 0.25) is 19.6 Å². The summed E-state index contributed by atoms with van der Waals surface area (Å²) in [7, 11) is -1.25. The lowest BCUT2D eigenvalue weighted by atomic mass is 10.2. The van der Waals surface area contributed by atoms with Gasteiger partial charge in [0.1, 0.15) is 0 Å². The number of nitrogens with one attached hydrogen (secondary N) is 1. The molecule has 1 heterocycles. The second-order valence-electron chi connectivity index (χ2n) is 7.36. The summed E-state index contributed by atoms with van der Waals surface area (Å²) in [6.45, 7) is 11.4. The summed E-state index contributed by atoms with van der Waals surface area (Å²) in [6, 6.07) is 17.1. The molecule has 2 aromatic carbocycles. The van der Waals surface area contributed by atoms with E-state index in [-0.39, 0.29) is 5.91 Å². The second-order valence-corrected chi connectivity index (χ2v) is 12.4. The Hall–Kier alpha value is -2.59. The minimum Gasteiger partial charge on any atom is -0.343 e. The van der Waals surface area contributed by atoms with E-state index >= 15 is 0 Å². The van der Waals surface area contributed by atoms with Gasteiger partial charge in [0.25, 0.3) is 0 Å². The fourth-order valence-electron chi connectivity index (χ4n) is 2.92. The fraction of sp³-hybridized carbons (Fsp3) is 0.190. The molecule has 0 aliphatic heterocycles. The molecule has 3 aromatic rings. The number of fused-ring (bicyclic) bond motifs is 1.